The van der Waals surface area contributed by atoms with E-state index in [4.69, 9.17) is 9.47 Å². The molecular weight excluding hydrogens is 270 g/mol. The SMILES string of the molecule is CC(C)(C)OC(=O)CCOc1ccc2c(c1)CCC(=O)N2. The van der Waals surface area contributed by atoms with E-state index in [-0.39, 0.29) is 24.9 Å². The average Bonchev–Trinajstić information content (AvgIpc) is 2.36. The lowest BCUT2D eigenvalue weighted by Gasteiger charge is -2.20. The largest absolute Gasteiger partial charge is 0.493 e. The van der Waals surface area contributed by atoms with Crippen LogP contribution in [0.5, 0.6) is 5.75 Å². The Morgan fingerprint density at radius 2 is 2.05 bits per heavy atom. The van der Waals surface area contributed by atoms with Crippen LogP contribution in [0.25, 0.3) is 0 Å². The van der Waals surface area contributed by atoms with Gasteiger partial charge in [0.05, 0.1) is 13.0 Å². The van der Waals surface area contributed by atoms with Crippen molar-refractivity contribution in [2.24, 2.45) is 0 Å². The van der Waals surface area contributed by atoms with Gasteiger partial charge in [-0.3, -0.25) is 9.59 Å². The fraction of sp³-hybridized carbons (Fsp3) is 0.500. The summed E-state index contributed by atoms with van der Waals surface area (Å²) >= 11 is 0. The van der Waals surface area contributed by atoms with Crippen LogP contribution in [0.4, 0.5) is 5.69 Å². The number of aryl methyl sites for hydroxylation is 1. The van der Waals surface area contributed by atoms with Crippen LogP contribution in [-0.2, 0) is 20.7 Å². The summed E-state index contributed by atoms with van der Waals surface area (Å²) < 4.78 is 10.8. The van der Waals surface area contributed by atoms with Gasteiger partial charge in [0.25, 0.3) is 0 Å². The zero-order valence-electron chi connectivity index (χ0n) is 12.7. The summed E-state index contributed by atoms with van der Waals surface area (Å²) in [5.74, 6) is 0.474. The monoisotopic (exact) mass is 291 g/mol. The number of anilines is 1. The summed E-state index contributed by atoms with van der Waals surface area (Å²) in [4.78, 5) is 22.8. The van der Waals surface area contributed by atoms with Crippen molar-refractivity contribution in [1.82, 2.24) is 0 Å². The zero-order valence-corrected chi connectivity index (χ0v) is 12.7. The standard InChI is InChI=1S/C16H21NO4/c1-16(2,3)21-15(19)8-9-20-12-5-6-13-11(10-12)4-7-14(18)17-13/h5-6,10H,4,7-9H2,1-3H3,(H,17,18). The highest BCUT2D eigenvalue weighted by molar-refractivity contribution is 5.93. The van der Waals surface area contributed by atoms with Crippen LogP contribution in [0, 0.1) is 0 Å². The van der Waals surface area contributed by atoms with Crippen LogP contribution >= 0.6 is 0 Å². The number of carbonyl (C=O) groups excluding carboxylic acids is 2. The van der Waals surface area contributed by atoms with Gasteiger partial charge in [-0.2, -0.15) is 0 Å². The fourth-order valence-electron chi connectivity index (χ4n) is 2.09. The van der Waals surface area contributed by atoms with Crippen LogP contribution in [0.1, 0.15) is 39.2 Å². The van der Waals surface area contributed by atoms with Gasteiger partial charge in [0.2, 0.25) is 5.91 Å². The van der Waals surface area contributed by atoms with Crippen molar-refractivity contribution in [3.05, 3.63) is 23.8 Å². The van der Waals surface area contributed by atoms with E-state index >= 15 is 0 Å². The first-order valence-corrected chi connectivity index (χ1v) is 7.11. The van der Waals surface area contributed by atoms with E-state index in [2.05, 4.69) is 5.32 Å². The smallest absolute Gasteiger partial charge is 0.309 e. The van der Waals surface area contributed by atoms with Crippen LogP contribution in [0.2, 0.25) is 0 Å². The summed E-state index contributed by atoms with van der Waals surface area (Å²) in [5, 5.41) is 2.82. The van der Waals surface area contributed by atoms with Crippen LogP contribution in [0.3, 0.4) is 0 Å². The molecule has 1 N–H and O–H groups in total. The van der Waals surface area contributed by atoms with Gasteiger partial charge >= 0.3 is 5.97 Å². The van der Waals surface area contributed by atoms with Crippen LogP contribution in [-0.4, -0.2) is 24.1 Å². The van der Waals surface area contributed by atoms with E-state index in [0.29, 0.717) is 18.6 Å². The first kappa shape index (κ1) is 15.4. The normalized spacial score (nSPS) is 14.1. The van der Waals surface area contributed by atoms with E-state index in [1.54, 1.807) is 6.07 Å². The molecule has 1 aliphatic heterocycles. The van der Waals surface area contributed by atoms with Crippen LogP contribution < -0.4 is 10.1 Å². The molecule has 0 atom stereocenters. The molecule has 0 radical (unpaired) electrons. The Kier molecular flexibility index (Phi) is 4.50. The Hall–Kier alpha value is -2.04. The number of hydrogen-bond acceptors (Lipinski definition) is 4. The molecule has 0 aromatic heterocycles. The number of esters is 1. The maximum absolute atomic E-state index is 11.6. The molecule has 114 valence electrons. The minimum Gasteiger partial charge on any atom is -0.493 e. The zero-order chi connectivity index (χ0) is 15.5. The Bertz CT molecular complexity index is 546. The molecule has 0 spiro atoms. The summed E-state index contributed by atoms with van der Waals surface area (Å²) in [7, 11) is 0. The number of carbonyl (C=O) groups is 2. The van der Waals surface area contributed by atoms with Gasteiger partial charge in [0, 0.05) is 12.1 Å². The first-order valence-electron chi connectivity index (χ1n) is 7.11. The van der Waals surface area contributed by atoms with Crippen molar-refractivity contribution in [2.45, 2.75) is 45.6 Å². The number of ether oxygens (including phenoxy) is 2. The second-order valence-corrected chi connectivity index (χ2v) is 6.05. The molecule has 0 fully saturated rings. The first-order chi connectivity index (χ1) is 9.83. The molecule has 1 amide bonds. The van der Waals surface area contributed by atoms with E-state index in [1.807, 2.05) is 32.9 Å². The number of nitrogens with one attached hydrogen (secondary N) is 1. The summed E-state index contributed by atoms with van der Waals surface area (Å²) in [6.45, 7) is 5.79. The van der Waals surface area contributed by atoms with Crippen molar-refractivity contribution in [1.29, 1.82) is 0 Å². The summed E-state index contributed by atoms with van der Waals surface area (Å²) in [5.41, 5.74) is 1.43. The molecular formula is C16H21NO4. The highest BCUT2D eigenvalue weighted by Gasteiger charge is 2.17. The number of benzene rings is 1. The summed E-state index contributed by atoms with van der Waals surface area (Å²) in [6, 6.07) is 5.53. The minimum atomic E-state index is -0.471. The van der Waals surface area contributed by atoms with E-state index in [0.717, 1.165) is 11.3 Å². The van der Waals surface area contributed by atoms with Crippen molar-refractivity contribution in [3.63, 3.8) is 0 Å². The third-order valence-corrected chi connectivity index (χ3v) is 2.97. The van der Waals surface area contributed by atoms with Crippen molar-refractivity contribution in [3.8, 4) is 5.75 Å². The van der Waals surface area contributed by atoms with Gasteiger partial charge in [-0.15, -0.1) is 0 Å². The van der Waals surface area contributed by atoms with Gasteiger partial charge in [0.1, 0.15) is 11.4 Å². The molecule has 5 heteroatoms. The predicted molar refractivity (Wildman–Crippen MR) is 79.3 cm³/mol. The minimum absolute atomic E-state index is 0.0427. The Balaban J connectivity index is 1.84. The van der Waals surface area contributed by atoms with E-state index in [1.165, 1.54) is 0 Å². The highest BCUT2D eigenvalue weighted by atomic mass is 16.6. The average molecular weight is 291 g/mol. The molecule has 21 heavy (non-hydrogen) atoms. The van der Waals surface area contributed by atoms with Crippen LogP contribution in [0.15, 0.2) is 18.2 Å². The molecule has 0 saturated carbocycles. The highest BCUT2D eigenvalue weighted by Crippen LogP contribution is 2.26. The van der Waals surface area contributed by atoms with E-state index < -0.39 is 5.60 Å². The number of hydrogen-bond donors (Lipinski definition) is 1. The maximum Gasteiger partial charge on any atom is 0.309 e. The molecule has 1 heterocycles. The Labute approximate surface area is 124 Å². The van der Waals surface area contributed by atoms with Gasteiger partial charge in [-0.05, 0) is 51.0 Å². The molecule has 2 rings (SSSR count). The third-order valence-electron chi connectivity index (χ3n) is 2.97. The number of fused-ring (bicyclic) bond motifs is 1. The summed E-state index contributed by atoms with van der Waals surface area (Å²) in [6.07, 6.45) is 1.42. The predicted octanol–water partition coefficient (Wildman–Crippen LogP) is 2.68. The third kappa shape index (κ3) is 4.77. The second-order valence-electron chi connectivity index (χ2n) is 6.05. The van der Waals surface area contributed by atoms with Crippen molar-refractivity contribution >= 4 is 17.6 Å². The Morgan fingerprint density at radius 3 is 2.76 bits per heavy atom. The molecule has 1 aromatic carbocycles. The quantitative estimate of drug-likeness (QED) is 0.866. The molecule has 0 bridgehead atoms. The van der Waals surface area contributed by atoms with Gasteiger partial charge in [-0.1, -0.05) is 0 Å². The number of rotatable bonds is 4. The molecule has 1 aromatic rings. The van der Waals surface area contributed by atoms with Gasteiger partial charge < -0.3 is 14.8 Å². The molecule has 0 aliphatic carbocycles. The van der Waals surface area contributed by atoms with E-state index in [9.17, 15) is 9.59 Å². The second kappa shape index (κ2) is 6.16. The topological polar surface area (TPSA) is 64.6 Å². The molecule has 1 aliphatic rings. The lowest BCUT2D eigenvalue weighted by atomic mass is 10.0. The van der Waals surface area contributed by atoms with Gasteiger partial charge in [-0.25, -0.2) is 0 Å². The number of amides is 1. The molecule has 5 nitrogen and oxygen atoms in total. The van der Waals surface area contributed by atoms with Crippen molar-refractivity contribution < 1.29 is 19.1 Å². The van der Waals surface area contributed by atoms with Gasteiger partial charge in [0.15, 0.2) is 0 Å². The Morgan fingerprint density at radius 1 is 1.29 bits per heavy atom. The molecule has 0 saturated heterocycles. The van der Waals surface area contributed by atoms with Crippen molar-refractivity contribution in [2.75, 3.05) is 11.9 Å². The lowest BCUT2D eigenvalue weighted by molar-refractivity contribution is -0.155. The molecule has 0 unspecified atom stereocenters. The fourth-order valence-corrected chi connectivity index (χ4v) is 2.09. The lowest BCUT2D eigenvalue weighted by Crippen LogP contribution is -2.24. The maximum atomic E-state index is 11.6.